The van der Waals surface area contributed by atoms with Crippen LogP contribution in [-0.2, 0) is 14.3 Å². The van der Waals surface area contributed by atoms with Crippen molar-refractivity contribution in [2.45, 2.75) is 63.6 Å². The number of carbonyl (C=O) groups excluding carboxylic acids is 1. The monoisotopic (exact) mass is 455 g/mol. The SMILES string of the molecule is O=C(C1=CC(c2coc3ccccc3c2=O)CC(OCCCCO)O1)N1CCCCCCC1. The summed E-state index contributed by atoms with van der Waals surface area (Å²) in [7, 11) is 0. The molecule has 2 aliphatic heterocycles. The molecule has 1 fully saturated rings. The van der Waals surface area contributed by atoms with E-state index in [1.165, 1.54) is 12.7 Å². The Morgan fingerprint density at radius 3 is 2.64 bits per heavy atom. The van der Waals surface area contributed by atoms with Crippen molar-refractivity contribution >= 4 is 16.9 Å². The van der Waals surface area contributed by atoms with Gasteiger partial charge in [0, 0.05) is 37.6 Å². The van der Waals surface area contributed by atoms with Gasteiger partial charge in [-0.3, -0.25) is 9.59 Å². The first-order valence-corrected chi connectivity index (χ1v) is 12.1. The number of benzene rings is 1. The average molecular weight is 456 g/mol. The lowest BCUT2D eigenvalue weighted by Crippen LogP contribution is -2.38. The van der Waals surface area contributed by atoms with E-state index in [4.69, 9.17) is 19.0 Å². The van der Waals surface area contributed by atoms with Gasteiger partial charge >= 0.3 is 0 Å². The zero-order valence-electron chi connectivity index (χ0n) is 19.0. The second-order valence-electron chi connectivity index (χ2n) is 8.80. The molecule has 1 aromatic heterocycles. The molecule has 2 atom stereocenters. The quantitative estimate of drug-likeness (QED) is 0.633. The lowest BCUT2D eigenvalue weighted by molar-refractivity contribution is -0.153. The average Bonchev–Trinajstić information content (AvgIpc) is 2.81. The van der Waals surface area contributed by atoms with E-state index in [0.717, 1.165) is 25.7 Å². The van der Waals surface area contributed by atoms with Crippen molar-refractivity contribution in [3.05, 3.63) is 58.2 Å². The number of fused-ring (bicyclic) bond motifs is 1. The summed E-state index contributed by atoms with van der Waals surface area (Å²) in [6, 6.07) is 7.16. The van der Waals surface area contributed by atoms with Crippen LogP contribution < -0.4 is 5.43 Å². The van der Waals surface area contributed by atoms with Crippen molar-refractivity contribution in [1.29, 1.82) is 0 Å². The molecule has 178 valence electrons. The zero-order chi connectivity index (χ0) is 23.0. The highest BCUT2D eigenvalue weighted by molar-refractivity contribution is 5.91. The van der Waals surface area contributed by atoms with Gasteiger partial charge in [-0.25, -0.2) is 0 Å². The van der Waals surface area contributed by atoms with E-state index in [-0.39, 0.29) is 29.6 Å². The summed E-state index contributed by atoms with van der Waals surface area (Å²) in [5, 5.41) is 9.54. The highest BCUT2D eigenvalue weighted by Gasteiger charge is 2.32. The maximum absolute atomic E-state index is 13.4. The molecule has 2 aromatic rings. The number of nitrogens with zero attached hydrogens (tertiary/aromatic N) is 1. The van der Waals surface area contributed by atoms with Crippen molar-refractivity contribution in [3.8, 4) is 0 Å². The van der Waals surface area contributed by atoms with Crippen molar-refractivity contribution < 1.29 is 23.8 Å². The number of ether oxygens (including phenoxy) is 2. The minimum Gasteiger partial charge on any atom is -0.464 e. The van der Waals surface area contributed by atoms with Crippen LogP contribution in [0.25, 0.3) is 11.0 Å². The molecule has 4 rings (SSSR count). The number of unbranched alkanes of at least 4 members (excludes halogenated alkanes) is 1. The third-order valence-corrected chi connectivity index (χ3v) is 6.37. The van der Waals surface area contributed by atoms with E-state index in [9.17, 15) is 9.59 Å². The van der Waals surface area contributed by atoms with Crippen LogP contribution in [-0.4, -0.2) is 48.5 Å². The van der Waals surface area contributed by atoms with Crippen LogP contribution in [0.5, 0.6) is 0 Å². The van der Waals surface area contributed by atoms with Crippen LogP contribution in [0, 0.1) is 0 Å². The molecule has 2 unspecified atom stereocenters. The van der Waals surface area contributed by atoms with E-state index in [2.05, 4.69) is 0 Å². The summed E-state index contributed by atoms with van der Waals surface area (Å²) in [6.45, 7) is 1.94. The van der Waals surface area contributed by atoms with Gasteiger partial charge < -0.3 is 23.9 Å². The number of aliphatic hydroxyl groups excluding tert-OH is 1. The Labute approximate surface area is 194 Å². The van der Waals surface area contributed by atoms with Gasteiger partial charge in [0.1, 0.15) is 5.58 Å². The summed E-state index contributed by atoms with van der Waals surface area (Å²) >= 11 is 0. The van der Waals surface area contributed by atoms with Crippen LogP contribution in [0.4, 0.5) is 0 Å². The van der Waals surface area contributed by atoms with Crippen molar-refractivity contribution in [2.75, 3.05) is 26.3 Å². The predicted octanol–water partition coefficient (Wildman–Crippen LogP) is 4.09. The summed E-state index contributed by atoms with van der Waals surface area (Å²) in [5.74, 6) is -0.251. The van der Waals surface area contributed by atoms with Gasteiger partial charge in [-0.2, -0.15) is 0 Å². The third-order valence-electron chi connectivity index (χ3n) is 6.37. The molecular formula is C26H33NO6. The number of allylic oxidation sites excluding steroid dienone is 1. The predicted molar refractivity (Wildman–Crippen MR) is 125 cm³/mol. The molecule has 0 aliphatic carbocycles. The summed E-state index contributed by atoms with van der Waals surface area (Å²) in [6.07, 6.45) is 9.80. The molecule has 1 saturated heterocycles. The topological polar surface area (TPSA) is 89.2 Å². The standard InChI is InChI=1S/C26H33NO6/c28-14-8-9-15-31-24-17-19(21-18-32-22-11-5-4-10-20(22)25(21)29)16-23(33-24)26(30)27-12-6-2-1-3-7-13-27/h4-5,10-11,16,18-19,24,28H,1-3,6-9,12-15,17H2. The Kier molecular flexibility index (Phi) is 8.18. The maximum Gasteiger partial charge on any atom is 0.288 e. The maximum atomic E-state index is 13.4. The first kappa shape index (κ1) is 23.5. The molecule has 1 aromatic carbocycles. The minimum atomic E-state index is -0.640. The molecule has 33 heavy (non-hydrogen) atoms. The summed E-state index contributed by atoms with van der Waals surface area (Å²) < 4.78 is 17.6. The molecule has 0 radical (unpaired) electrons. The molecule has 0 saturated carbocycles. The second-order valence-corrected chi connectivity index (χ2v) is 8.80. The zero-order valence-corrected chi connectivity index (χ0v) is 19.0. The number of carbonyl (C=O) groups is 1. The molecule has 2 aliphatic rings. The number of amides is 1. The molecule has 7 heteroatoms. The van der Waals surface area contributed by atoms with Gasteiger partial charge in [-0.05, 0) is 43.9 Å². The molecule has 7 nitrogen and oxygen atoms in total. The largest absolute Gasteiger partial charge is 0.464 e. The van der Waals surface area contributed by atoms with Gasteiger partial charge in [0.2, 0.25) is 6.29 Å². The highest BCUT2D eigenvalue weighted by atomic mass is 16.7. The minimum absolute atomic E-state index is 0.0999. The second kappa shape index (κ2) is 11.5. The smallest absolute Gasteiger partial charge is 0.288 e. The number of rotatable bonds is 7. The fraction of sp³-hybridized carbons (Fsp3) is 0.538. The Morgan fingerprint density at radius 1 is 1.09 bits per heavy atom. The van der Waals surface area contributed by atoms with Crippen LogP contribution in [0.3, 0.4) is 0 Å². The van der Waals surface area contributed by atoms with Gasteiger partial charge in [0.25, 0.3) is 5.91 Å². The lowest BCUT2D eigenvalue weighted by atomic mass is 9.93. The first-order chi connectivity index (χ1) is 16.2. The van der Waals surface area contributed by atoms with E-state index >= 15 is 0 Å². The third kappa shape index (κ3) is 5.84. The van der Waals surface area contributed by atoms with Crippen molar-refractivity contribution in [2.24, 2.45) is 0 Å². The van der Waals surface area contributed by atoms with Gasteiger partial charge in [0.15, 0.2) is 11.2 Å². The molecule has 0 bridgehead atoms. The lowest BCUT2D eigenvalue weighted by Gasteiger charge is -2.32. The number of likely N-dealkylation sites (tertiary alicyclic amines) is 1. The fourth-order valence-corrected chi connectivity index (χ4v) is 4.51. The van der Waals surface area contributed by atoms with E-state index in [1.54, 1.807) is 18.2 Å². The highest BCUT2D eigenvalue weighted by Crippen LogP contribution is 2.32. The summed E-state index contributed by atoms with van der Waals surface area (Å²) in [5.41, 5.74) is 0.937. The van der Waals surface area contributed by atoms with Crippen LogP contribution in [0.2, 0.25) is 0 Å². The number of para-hydroxylation sites is 1. The summed E-state index contributed by atoms with van der Waals surface area (Å²) in [4.78, 5) is 28.4. The Morgan fingerprint density at radius 2 is 1.85 bits per heavy atom. The Balaban J connectivity index is 1.60. The van der Waals surface area contributed by atoms with E-state index in [1.807, 2.05) is 17.0 Å². The number of hydrogen-bond donors (Lipinski definition) is 1. The Hall–Kier alpha value is -2.64. The molecular weight excluding hydrogens is 422 g/mol. The molecule has 0 spiro atoms. The van der Waals surface area contributed by atoms with E-state index in [0.29, 0.717) is 55.5 Å². The first-order valence-electron chi connectivity index (χ1n) is 12.1. The molecule has 1 amide bonds. The van der Waals surface area contributed by atoms with E-state index < -0.39 is 6.29 Å². The molecule has 3 heterocycles. The normalized spacial score (nSPS) is 21.7. The van der Waals surface area contributed by atoms with Crippen molar-refractivity contribution in [3.63, 3.8) is 0 Å². The van der Waals surface area contributed by atoms with Crippen molar-refractivity contribution in [1.82, 2.24) is 4.90 Å². The van der Waals surface area contributed by atoms with Crippen LogP contribution >= 0.6 is 0 Å². The number of aliphatic hydroxyl groups is 1. The van der Waals surface area contributed by atoms with Gasteiger partial charge in [-0.1, -0.05) is 31.4 Å². The van der Waals surface area contributed by atoms with Gasteiger partial charge in [-0.15, -0.1) is 0 Å². The van der Waals surface area contributed by atoms with Gasteiger partial charge in [0.05, 0.1) is 18.3 Å². The fourth-order valence-electron chi connectivity index (χ4n) is 4.51. The van der Waals surface area contributed by atoms with Crippen LogP contribution in [0.1, 0.15) is 62.8 Å². The molecule has 1 N–H and O–H groups in total. The van der Waals surface area contributed by atoms with Crippen LogP contribution in [0.15, 0.2) is 51.6 Å². The number of hydrogen-bond acceptors (Lipinski definition) is 6. The Bertz CT molecular complexity index is 1020.